The fraction of sp³-hybridized carbons (Fsp3) is 0.0870. The molecule has 154 valence electrons. The predicted molar refractivity (Wildman–Crippen MR) is 129 cm³/mol. The van der Waals surface area contributed by atoms with Gasteiger partial charge in [0.05, 0.1) is 12.3 Å². The molecule has 0 bridgehead atoms. The summed E-state index contributed by atoms with van der Waals surface area (Å²) in [7, 11) is 0. The zero-order valence-corrected chi connectivity index (χ0v) is 17.3. The standard InChI is InChI=1S/C23H20N6OS/c24-23-28-20(25-8-9-30)13-21(29-23)27-16-10-15-5-3-7-26-22(15)17(12-16)19-11-14-4-1-2-6-18(14)31-19/h1-2,4-7,10-13,26,30H,8-9H2,(H4,24,25,27,28,29). The van der Waals surface area contributed by atoms with E-state index in [0.717, 1.165) is 22.5 Å². The highest BCUT2D eigenvalue weighted by Crippen LogP contribution is 2.42. The Morgan fingerprint density at radius 3 is 2.84 bits per heavy atom. The summed E-state index contributed by atoms with van der Waals surface area (Å²) < 4.78 is 1.25. The van der Waals surface area contributed by atoms with Gasteiger partial charge in [0.1, 0.15) is 11.6 Å². The molecule has 2 aromatic carbocycles. The first-order chi connectivity index (χ1) is 15.2. The molecule has 0 saturated carbocycles. The van der Waals surface area contributed by atoms with Crippen LogP contribution in [-0.4, -0.2) is 28.2 Å². The van der Waals surface area contributed by atoms with Crippen LogP contribution in [0.3, 0.4) is 0 Å². The van der Waals surface area contributed by atoms with Crippen LogP contribution in [0.15, 0.2) is 60.5 Å². The summed E-state index contributed by atoms with van der Waals surface area (Å²) in [6.07, 6.45) is 3.77. The van der Waals surface area contributed by atoms with E-state index in [1.807, 2.05) is 18.3 Å². The van der Waals surface area contributed by atoms with Crippen molar-refractivity contribution >= 4 is 56.5 Å². The number of nitrogens with two attached hydrogens (primary N) is 1. The lowest BCUT2D eigenvalue weighted by Gasteiger charge is -2.17. The maximum absolute atomic E-state index is 9.04. The molecule has 0 atom stereocenters. The van der Waals surface area contributed by atoms with Crippen LogP contribution in [0.5, 0.6) is 0 Å². The molecule has 0 aliphatic carbocycles. The monoisotopic (exact) mass is 428 g/mol. The Hall–Kier alpha value is -3.84. The summed E-state index contributed by atoms with van der Waals surface area (Å²) in [6, 6.07) is 16.5. The van der Waals surface area contributed by atoms with Crippen molar-refractivity contribution in [3.63, 3.8) is 0 Å². The first-order valence-corrected chi connectivity index (χ1v) is 10.6. The summed E-state index contributed by atoms with van der Waals surface area (Å²) in [4.78, 5) is 9.61. The summed E-state index contributed by atoms with van der Waals surface area (Å²) >= 11 is 1.76. The third-order valence-electron chi connectivity index (χ3n) is 4.83. The number of thiophene rings is 1. The predicted octanol–water partition coefficient (Wildman–Crippen LogP) is 4.64. The van der Waals surface area contributed by atoms with E-state index in [-0.39, 0.29) is 12.6 Å². The van der Waals surface area contributed by atoms with Crippen molar-refractivity contribution in [1.29, 1.82) is 0 Å². The van der Waals surface area contributed by atoms with Gasteiger partial charge in [-0.05, 0) is 35.7 Å². The average molecular weight is 429 g/mol. The van der Waals surface area contributed by atoms with Crippen molar-refractivity contribution in [2.24, 2.45) is 0 Å². The van der Waals surface area contributed by atoms with E-state index in [4.69, 9.17) is 10.8 Å². The van der Waals surface area contributed by atoms with E-state index >= 15 is 0 Å². The van der Waals surface area contributed by atoms with Gasteiger partial charge in [-0.1, -0.05) is 18.2 Å². The van der Waals surface area contributed by atoms with E-state index < -0.39 is 0 Å². The Labute approximate surface area is 183 Å². The highest BCUT2D eigenvalue weighted by Gasteiger charge is 2.15. The van der Waals surface area contributed by atoms with Gasteiger partial charge in [0, 0.05) is 45.2 Å². The van der Waals surface area contributed by atoms with Crippen molar-refractivity contribution < 1.29 is 5.11 Å². The second-order valence-corrected chi connectivity index (χ2v) is 8.09. The minimum absolute atomic E-state index is 0.00285. The Morgan fingerprint density at radius 2 is 1.97 bits per heavy atom. The summed E-state index contributed by atoms with van der Waals surface area (Å²) in [5.74, 6) is 1.27. The van der Waals surface area contributed by atoms with Crippen LogP contribution in [0.2, 0.25) is 0 Å². The minimum Gasteiger partial charge on any atom is -0.395 e. The quantitative estimate of drug-likeness (QED) is 0.285. The Bertz CT molecular complexity index is 1310. The SMILES string of the molecule is Nc1nc(NCCO)cc(Nc2cc3c(c(-c4cc5ccccc5s4)c2)NC=C=C3)n1. The Balaban J connectivity index is 1.56. The van der Waals surface area contributed by atoms with Crippen molar-refractivity contribution in [1.82, 2.24) is 9.97 Å². The van der Waals surface area contributed by atoms with E-state index in [2.05, 4.69) is 68.0 Å². The van der Waals surface area contributed by atoms with Crippen molar-refractivity contribution in [3.05, 3.63) is 66.0 Å². The third kappa shape index (κ3) is 3.95. The molecule has 31 heavy (non-hydrogen) atoms. The molecule has 7 nitrogen and oxygen atoms in total. The number of nitrogens with one attached hydrogen (secondary N) is 3. The first kappa shape index (κ1) is 19.1. The molecule has 2 aromatic heterocycles. The third-order valence-corrected chi connectivity index (χ3v) is 5.98. The van der Waals surface area contributed by atoms with Gasteiger partial charge in [-0.3, -0.25) is 0 Å². The maximum atomic E-state index is 9.04. The second kappa shape index (κ2) is 8.12. The van der Waals surface area contributed by atoms with E-state index in [1.54, 1.807) is 17.4 Å². The molecule has 0 amide bonds. The number of aromatic nitrogens is 2. The molecular formula is C23H20N6OS. The lowest BCUT2D eigenvalue weighted by Crippen LogP contribution is -2.09. The molecule has 3 heterocycles. The molecule has 0 unspecified atom stereocenters. The normalized spacial score (nSPS) is 11.9. The lowest BCUT2D eigenvalue weighted by atomic mass is 10.0. The smallest absolute Gasteiger partial charge is 0.223 e. The molecule has 4 aromatic rings. The number of aliphatic hydroxyl groups is 1. The summed E-state index contributed by atoms with van der Waals surface area (Å²) in [6.45, 7) is 0.385. The highest BCUT2D eigenvalue weighted by atomic mass is 32.1. The van der Waals surface area contributed by atoms with Crippen LogP contribution >= 0.6 is 11.3 Å². The number of hydrogen-bond acceptors (Lipinski definition) is 8. The first-order valence-electron chi connectivity index (χ1n) is 9.80. The van der Waals surface area contributed by atoms with E-state index in [0.29, 0.717) is 18.2 Å². The van der Waals surface area contributed by atoms with Crippen LogP contribution in [-0.2, 0) is 0 Å². The fourth-order valence-electron chi connectivity index (χ4n) is 3.52. The van der Waals surface area contributed by atoms with Crippen LogP contribution in [0.4, 0.5) is 29.0 Å². The van der Waals surface area contributed by atoms with Gasteiger partial charge in [0.25, 0.3) is 0 Å². The van der Waals surface area contributed by atoms with Crippen LogP contribution < -0.4 is 21.7 Å². The zero-order chi connectivity index (χ0) is 21.2. The largest absolute Gasteiger partial charge is 0.395 e. The highest BCUT2D eigenvalue weighted by molar-refractivity contribution is 7.22. The molecule has 0 spiro atoms. The van der Waals surface area contributed by atoms with Gasteiger partial charge >= 0.3 is 0 Å². The van der Waals surface area contributed by atoms with Crippen LogP contribution in [0, 0.1) is 0 Å². The lowest BCUT2D eigenvalue weighted by molar-refractivity contribution is 0.311. The minimum atomic E-state index is 0.00285. The summed E-state index contributed by atoms with van der Waals surface area (Å²) in [5.41, 5.74) is 13.0. The van der Waals surface area contributed by atoms with Gasteiger partial charge in [-0.15, -0.1) is 17.1 Å². The number of nitrogens with zero attached hydrogens (tertiary/aromatic N) is 2. The number of fused-ring (bicyclic) bond motifs is 2. The van der Waals surface area contributed by atoms with Gasteiger partial charge in [-0.2, -0.15) is 9.97 Å². The molecular weight excluding hydrogens is 408 g/mol. The molecule has 0 radical (unpaired) electrons. The van der Waals surface area contributed by atoms with Gasteiger partial charge in [0.15, 0.2) is 0 Å². The van der Waals surface area contributed by atoms with Crippen molar-refractivity contribution in [2.45, 2.75) is 0 Å². The van der Waals surface area contributed by atoms with Gasteiger partial charge in [-0.25, -0.2) is 0 Å². The molecule has 1 aliphatic rings. The second-order valence-electron chi connectivity index (χ2n) is 7.01. The maximum Gasteiger partial charge on any atom is 0.223 e. The number of rotatable bonds is 6. The van der Waals surface area contributed by atoms with Crippen LogP contribution in [0.25, 0.3) is 26.6 Å². The van der Waals surface area contributed by atoms with Crippen molar-refractivity contribution in [2.75, 3.05) is 34.8 Å². The number of nitrogen functional groups attached to an aromatic ring is 1. The molecule has 1 aliphatic heterocycles. The molecule has 6 N–H and O–H groups in total. The molecule has 8 heteroatoms. The van der Waals surface area contributed by atoms with E-state index in [9.17, 15) is 0 Å². The molecule has 0 fully saturated rings. The zero-order valence-electron chi connectivity index (χ0n) is 16.5. The number of hydrogen-bond donors (Lipinski definition) is 5. The number of anilines is 5. The fourth-order valence-corrected chi connectivity index (χ4v) is 4.60. The topological polar surface area (TPSA) is 108 Å². The van der Waals surface area contributed by atoms with Crippen LogP contribution in [0.1, 0.15) is 5.56 Å². The summed E-state index contributed by atoms with van der Waals surface area (Å²) in [5, 5.41) is 20.0. The Kier molecular flexibility index (Phi) is 5.01. The van der Waals surface area contributed by atoms with Gasteiger partial charge < -0.3 is 26.8 Å². The van der Waals surface area contributed by atoms with Crippen molar-refractivity contribution in [3.8, 4) is 10.4 Å². The average Bonchev–Trinajstić information content (AvgIpc) is 3.21. The molecule has 5 rings (SSSR count). The van der Waals surface area contributed by atoms with E-state index in [1.165, 1.54) is 15.0 Å². The number of aliphatic hydroxyl groups excluding tert-OH is 1. The van der Waals surface area contributed by atoms with Gasteiger partial charge in [0.2, 0.25) is 5.95 Å². The Morgan fingerprint density at radius 1 is 1.10 bits per heavy atom. The molecule has 0 saturated heterocycles. The number of benzene rings is 2.